The van der Waals surface area contributed by atoms with Crippen molar-refractivity contribution in [3.63, 3.8) is 0 Å². The van der Waals surface area contributed by atoms with Gasteiger partial charge in [0.25, 0.3) is 0 Å². The lowest BCUT2D eigenvalue weighted by Gasteiger charge is -2.34. The standard InChI is InChI=1S/C16H22N2O2/c19-16(20-12-13-5-2-1-3-6-13)18(14-8-9-14)15-7-4-10-17-11-15/h1-3,5-6,14-15,17H,4,7-12H2. The van der Waals surface area contributed by atoms with E-state index in [4.69, 9.17) is 4.74 Å². The Labute approximate surface area is 120 Å². The van der Waals surface area contributed by atoms with Gasteiger partial charge in [-0.25, -0.2) is 4.79 Å². The van der Waals surface area contributed by atoms with Crippen molar-refractivity contribution in [2.75, 3.05) is 13.1 Å². The van der Waals surface area contributed by atoms with Gasteiger partial charge in [-0.1, -0.05) is 30.3 Å². The average molecular weight is 274 g/mol. The Morgan fingerprint density at radius 2 is 2.00 bits per heavy atom. The van der Waals surface area contributed by atoms with Crippen molar-refractivity contribution < 1.29 is 9.53 Å². The lowest BCUT2D eigenvalue weighted by molar-refractivity contribution is 0.0711. The van der Waals surface area contributed by atoms with Crippen LogP contribution in [0.5, 0.6) is 0 Å². The lowest BCUT2D eigenvalue weighted by Crippen LogP contribution is -2.49. The van der Waals surface area contributed by atoms with Crippen LogP contribution in [0.2, 0.25) is 0 Å². The fourth-order valence-electron chi connectivity index (χ4n) is 2.81. The molecule has 1 aliphatic carbocycles. The zero-order valence-corrected chi connectivity index (χ0v) is 11.8. The Morgan fingerprint density at radius 1 is 1.20 bits per heavy atom. The molecule has 2 fully saturated rings. The van der Waals surface area contributed by atoms with Crippen molar-refractivity contribution >= 4 is 6.09 Å². The van der Waals surface area contributed by atoms with Crippen molar-refractivity contribution in [3.8, 4) is 0 Å². The van der Waals surface area contributed by atoms with Gasteiger partial charge < -0.3 is 15.0 Å². The highest BCUT2D eigenvalue weighted by Gasteiger charge is 2.38. The molecule has 1 amide bonds. The minimum absolute atomic E-state index is 0.148. The van der Waals surface area contributed by atoms with Crippen LogP contribution in [0, 0.1) is 0 Å². The van der Waals surface area contributed by atoms with Gasteiger partial charge in [0.2, 0.25) is 0 Å². The quantitative estimate of drug-likeness (QED) is 0.917. The van der Waals surface area contributed by atoms with E-state index in [0.29, 0.717) is 18.7 Å². The predicted molar refractivity (Wildman–Crippen MR) is 77.4 cm³/mol. The predicted octanol–water partition coefficient (Wildman–Crippen LogP) is 2.54. The van der Waals surface area contributed by atoms with Crippen LogP contribution in [0.4, 0.5) is 4.79 Å². The summed E-state index contributed by atoms with van der Waals surface area (Å²) in [4.78, 5) is 14.4. The molecule has 4 heteroatoms. The van der Waals surface area contributed by atoms with Gasteiger partial charge in [0.15, 0.2) is 0 Å². The summed E-state index contributed by atoms with van der Waals surface area (Å²) >= 11 is 0. The van der Waals surface area contributed by atoms with Crippen LogP contribution < -0.4 is 5.32 Å². The van der Waals surface area contributed by atoms with Gasteiger partial charge in [0, 0.05) is 18.6 Å². The molecule has 20 heavy (non-hydrogen) atoms. The van der Waals surface area contributed by atoms with Gasteiger partial charge in [-0.2, -0.15) is 0 Å². The van der Waals surface area contributed by atoms with Crippen LogP contribution >= 0.6 is 0 Å². The Hall–Kier alpha value is -1.55. The molecule has 0 spiro atoms. The largest absolute Gasteiger partial charge is 0.445 e. The van der Waals surface area contributed by atoms with Crippen LogP contribution in [0.25, 0.3) is 0 Å². The SMILES string of the molecule is O=C(OCc1ccccc1)N(C1CC1)C1CCCNC1. The number of ether oxygens (including phenoxy) is 1. The van der Waals surface area contributed by atoms with Crippen LogP contribution in [0.15, 0.2) is 30.3 Å². The van der Waals surface area contributed by atoms with Crippen molar-refractivity contribution in [3.05, 3.63) is 35.9 Å². The third kappa shape index (κ3) is 3.31. The molecule has 0 radical (unpaired) electrons. The summed E-state index contributed by atoms with van der Waals surface area (Å²) < 4.78 is 5.50. The van der Waals surface area contributed by atoms with Gasteiger partial charge in [-0.15, -0.1) is 0 Å². The van der Waals surface area contributed by atoms with Gasteiger partial charge >= 0.3 is 6.09 Å². The summed E-state index contributed by atoms with van der Waals surface area (Å²) in [5.74, 6) is 0. The molecule has 1 heterocycles. The molecule has 1 aromatic carbocycles. The first kappa shape index (κ1) is 13.4. The number of hydrogen-bond acceptors (Lipinski definition) is 3. The van der Waals surface area contributed by atoms with E-state index in [1.54, 1.807) is 0 Å². The number of rotatable bonds is 4. The Bertz CT molecular complexity index is 439. The summed E-state index contributed by atoms with van der Waals surface area (Å²) in [7, 11) is 0. The zero-order chi connectivity index (χ0) is 13.8. The first-order valence-corrected chi connectivity index (χ1v) is 7.54. The van der Waals surface area contributed by atoms with Crippen molar-refractivity contribution in [2.24, 2.45) is 0 Å². The smallest absolute Gasteiger partial charge is 0.410 e. The zero-order valence-electron chi connectivity index (χ0n) is 11.8. The number of nitrogens with one attached hydrogen (secondary N) is 1. The molecule has 3 rings (SSSR count). The number of carbonyl (C=O) groups excluding carboxylic acids is 1. The van der Waals surface area contributed by atoms with Gasteiger partial charge in [-0.3, -0.25) is 0 Å². The van der Waals surface area contributed by atoms with E-state index in [1.165, 1.54) is 0 Å². The van der Waals surface area contributed by atoms with Crippen LogP contribution in [-0.2, 0) is 11.3 Å². The summed E-state index contributed by atoms with van der Waals surface area (Å²) in [6, 6.07) is 10.6. The number of amides is 1. The Balaban J connectivity index is 1.58. The summed E-state index contributed by atoms with van der Waals surface area (Å²) in [5.41, 5.74) is 1.04. The van der Waals surface area contributed by atoms with Crippen molar-refractivity contribution in [1.82, 2.24) is 10.2 Å². The van der Waals surface area contributed by atoms with Crippen LogP contribution in [-0.4, -0.2) is 36.2 Å². The highest BCUT2D eigenvalue weighted by molar-refractivity contribution is 5.69. The number of carbonyl (C=O) groups is 1. The van der Waals surface area contributed by atoms with E-state index in [-0.39, 0.29) is 6.09 Å². The number of piperidine rings is 1. The van der Waals surface area contributed by atoms with E-state index in [9.17, 15) is 4.79 Å². The highest BCUT2D eigenvalue weighted by Crippen LogP contribution is 2.31. The van der Waals surface area contributed by atoms with E-state index in [2.05, 4.69) is 5.32 Å². The second-order valence-electron chi connectivity index (χ2n) is 5.68. The van der Waals surface area contributed by atoms with E-state index < -0.39 is 0 Å². The minimum Gasteiger partial charge on any atom is -0.445 e. The van der Waals surface area contributed by atoms with Gasteiger partial charge in [0.1, 0.15) is 6.61 Å². The molecule has 1 unspecified atom stereocenters. The van der Waals surface area contributed by atoms with Gasteiger partial charge in [-0.05, 0) is 37.8 Å². The molecule has 1 saturated carbocycles. The average Bonchev–Trinajstić information content (AvgIpc) is 3.32. The second-order valence-corrected chi connectivity index (χ2v) is 5.68. The first-order valence-electron chi connectivity index (χ1n) is 7.54. The molecule has 4 nitrogen and oxygen atoms in total. The maximum Gasteiger partial charge on any atom is 0.410 e. The first-order chi connectivity index (χ1) is 9.84. The third-order valence-electron chi connectivity index (χ3n) is 4.02. The fourth-order valence-corrected chi connectivity index (χ4v) is 2.81. The fraction of sp³-hybridized carbons (Fsp3) is 0.562. The Morgan fingerprint density at radius 3 is 2.65 bits per heavy atom. The normalized spacial score (nSPS) is 22.3. The number of nitrogens with zero attached hydrogens (tertiary/aromatic N) is 1. The molecular weight excluding hydrogens is 252 g/mol. The maximum atomic E-state index is 12.4. The van der Waals surface area contributed by atoms with E-state index in [0.717, 1.165) is 44.3 Å². The summed E-state index contributed by atoms with van der Waals surface area (Å²) in [5, 5.41) is 3.38. The topological polar surface area (TPSA) is 41.6 Å². The van der Waals surface area contributed by atoms with E-state index in [1.807, 2.05) is 35.2 Å². The molecule has 1 aromatic rings. The molecule has 0 bridgehead atoms. The Kier molecular flexibility index (Phi) is 4.21. The monoisotopic (exact) mass is 274 g/mol. The molecule has 1 saturated heterocycles. The molecular formula is C16H22N2O2. The highest BCUT2D eigenvalue weighted by atomic mass is 16.6. The molecule has 0 aromatic heterocycles. The number of hydrogen-bond donors (Lipinski definition) is 1. The third-order valence-corrected chi connectivity index (χ3v) is 4.02. The van der Waals surface area contributed by atoms with E-state index >= 15 is 0 Å². The number of benzene rings is 1. The van der Waals surface area contributed by atoms with Crippen molar-refractivity contribution in [2.45, 2.75) is 44.4 Å². The molecule has 1 atom stereocenters. The summed E-state index contributed by atoms with van der Waals surface area (Å²) in [6.45, 7) is 2.33. The molecule has 108 valence electrons. The lowest BCUT2D eigenvalue weighted by atomic mass is 10.1. The second kappa shape index (κ2) is 6.27. The van der Waals surface area contributed by atoms with Crippen LogP contribution in [0.1, 0.15) is 31.2 Å². The summed E-state index contributed by atoms with van der Waals surface area (Å²) in [6.07, 6.45) is 4.32. The molecule has 1 N–H and O–H groups in total. The van der Waals surface area contributed by atoms with Crippen LogP contribution in [0.3, 0.4) is 0 Å². The minimum atomic E-state index is -0.148. The molecule has 1 aliphatic heterocycles. The molecule has 2 aliphatic rings. The van der Waals surface area contributed by atoms with Crippen molar-refractivity contribution in [1.29, 1.82) is 0 Å². The maximum absolute atomic E-state index is 12.4. The van der Waals surface area contributed by atoms with Gasteiger partial charge in [0.05, 0.1) is 0 Å².